The van der Waals surface area contributed by atoms with E-state index in [1.807, 2.05) is 12.1 Å². The Balaban J connectivity index is 0.00000363. The molecule has 0 fully saturated rings. The van der Waals surface area contributed by atoms with Crippen molar-refractivity contribution in [3.05, 3.63) is 75.6 Å². The van der Waals surface area contributed by atoms with Gasteiger partial charge in [-0.3, -0.25) is 4.90 Å². The summed E-state index contributed by atoms with van der Waals surface area (Å²) in [7, 11) is 2.10. The quantitative estimate of drug-likeness (QED) is 0.196. The van der Waals surface area contributed by atoms with Gasteiger partial charge in [0.2, 0.25) is 0 Å². The molecular weight excluding hydrogens is 533 g/mol. The van der Waals surface area contributed by atoms with E-state index in [0.717, 1.165) is 42.1 Å². The van der Waals surface area contributed by atoms with E-state index < -0.39 is 0 Å². The van der Waals surface area contributed by atoms with Crippen LogP contribution in [0.5, 0.6) is 0 Å². The van der Waals surface area contributed by atoms with Crippen molar-refractivity contribution in [3.63, 3.8) is 0 Å². The third-order valence-electron chi connectivity index (χ3n) is 4.88. The van der Waals surface area contributed by atoms with Gasteiger partial charge in [-0.15, -0.1) is 35.3 Å². The van der Waals surface area contributed by atoms with Crippen molar-refractivity contribution in [3.8, 4) is 0 Å². The van der Waals surface area contributed by atoms with Gasteiger partial charge in [0.15, 0.2) is 5.96 Å². The first kappa shape index (κ1) is 26.3. The van der Waals surface area contributed by atoms with Gasteiger partial charge in [-0.25, -0.2) is 9.98 Å². The van der Waals surface area contributed by atoms with Crippen LogP contribution in [0.15, 0.2) is 57.5 Å². The molecule has 3 rings (SSSR count). The van der Waals surface area contributed by atoms with Crippen molar-refractivity contribution < 1.29 is 4.42 Å². The number of guanidine groups is 1. The molecule has 0 aliphatic rings. The molecule has 0 saturated heterocycles. The Morgan fingerprint density at radius 3 is 2.56 bits per heavy atom. The molecule has 0 unspecified atom stereocenters. The van der Waals surface area contributed by atoms with Crippen LogP contribution in [0, 0.1) is 0 Å². The molecule has 0 aliphatic carbocycles. The average molecular weight is 568 g/mol. The lowest BCUT2D eigenvalue weighted by Crippen LogP contribution is -2.36. The number of thiazole rings is 1. The van der Waals surface area contributed by atoms with E-state index in [2.05, 4.69) is 73.0 Å². The number of hydrogen-bond acceptors (Lipinski definition) is 5. The highest BCUT2D eigenvalue weighted by Gasteiger charge is 2.09. The predicted octanol–water partition coefficient (Wildman–Crippen LogP) is 5.36. The highest BCUT2D eigenvalue weighted by molar-refractivity contribution is 14.0. The van der Waals surface area contributed by atoms with Crippen LogP contribution in [0.25, 0.3) is 0 Å². The van der Waals surface area contributed by atoms with Crippen LogP contribution in [0.4, 0.5) is 0 Å². The number of benzene rings is 1. The molecule has 0 atom stereocenters. The number of nitrogens with zero attached hydrogens (tertiary/aromatic N) is 3. The average Bonchev–Trinajstić information content (AvgIpc) is 3.43. The molecule has 32 heavy (non-hydrogen) atoms. The number of rotatable bonds is 10. The molecule has 3 aromatic rings. The van der Waals surface area contributed by atoms with Gasteiger partial charge >= 0.3 is 0 Å². The summed E-state index contributed by atoms with van der Waals surface area (Å²) in [5, 5.41) is 9.97. The molecule has 2 N–H and O–H groups in total. The Kier molecular flexibility index (Phi) is 11.2. The highest BCUT2D eigenvalue weighted by atomic mass is 127. The summed E-state index contributed by atoms with van der Waals surface area (Å²) in [4.78, 5) is 11.8. The summed E-state index contributed by atoms with van der Waals surface area (Å²) < 4.78 is 5.47. The molecule has 0 spiro atoms. The fourth-order valence-corrected chi connectivity index (χ4v) is 4.11. The molecule has 1 aromatic carbocycles. The Hall–Kier alpha value is -1.91. The second kappa shape index (κ2) is 13.6. The summed E-state index contributed by atoms with van der Waals surface area (Å²) in [6.07, 6.45) is 1.72. The molecule has 2 heterocycles. The highest BCUT2D eigenvalue weighted by Crippen LogP contribution is 2.18. The van der Waals surface area contributed by atoms with E-state index in [0.29, 0.717) is 19.0 Å². The van der Waals surface area contributed by atoms with Crippen LogP contribution < -0.4 is 10.6 Å². The van der Waals surface area contributed by atoms with Crippen molar-refractivity contribution in [1.29, 1.82) is 0 Å². The maximum atomic E-state index is 5.47. The van der Waals surface area contributed by atoms with E-state index in [9.17, 15) is 0 Å². The molecule has 0 aliphatic heterocycles. The predicted molar refractivity (Wildman–Crippen MR) is 144 cm³/mol. The normalized spacial score (nSPS) is 11.6. The molecule has 0 saturated carbocycles. The summed E-state index contributed by atoms with van der Waals surface area (Å²) in [5.41, 5.74) is 3.65. The molecule has 0 radical (unpaired) electrons. The zero-order valence-electron chi connectivity index (χ0n) is 19.3. The second-order valence-electron chi connectivity index (χ2n) is 7.89. The molecular formula is C24H34IN5OS. The largest absolute Gasteiger partial charge is 0.468 e. The Morgan fingerprint density at radius 1 is 1.12 bits per heavy atom. The fraction of sp³-hybridized carbons (Fsp3) is 0.417. The number of halogens is 1. The van der Waals surface area contributed by atoms with Gasteiger partial charge in [-0.05, 0) is 43.1 Å². The van der Waals surface area contributed by atoms with Crippen molar-refractivity contribution in [1.82, 2.24) is 20.5 Å². The van der Waals surface area contributed by atoms with Gasteiger partial charge in [0, 0.05) is 18.5 Å². The standard InChI is InChI=1S/C24H33N5OS.HI/c1-5-25-24(27-14-23-28-22(17-31-23)18(2)3)26-13-19-9-6-7-10-20(19)15-29(4)16-21-11-8-12-30-21;/h6-12,17-18H,5,13-16H2,1-4H3,(H2,25,26,27);1H. The number of aromatic nitrogens is 1. The van der Waals surface area contributed by atoms with Crippen molar-refractivity contribution >= 4 is 41.3 Å². The van der Waals surface area contributed by atoms with Gasteiger partial charge in [0.05, 0.1) is 31.6 Å². The van der Waals surface area contributed by atoms with Crippen molar-refractivity contribution in [2.24, 2.45) is 4.99 Å². The minimum atomic E-state index is 0. The SMILES string of the molecule is CCNC(=NCc1ccccc1CN(C)Cc1ccco1)NCc1nc(C(C)C)cs1.I. The van der Waals surface area contributed by atoms with Crippen LogP contribution in [0.2, 0.25) is 0 Å². The maximum Gasteiger partial charge on any atom is 0.191 e. The summed E-state index contributed by atoms with van der Waals surface area (Å²) >= 11 is 1.69. The zero-order chi connectivity index (χ0) is 22.1. The van der Waals surface area contributed by atoms with Crippen LogP contribution in [0.1, 0.15) is 54.3 Å². The molecule has 2 aromatic heterocycles. The Morgan fingerprint density at radius 2 is 1.91 bits per heavy atom. The molecule has 8 heteroatoms. The first-order valence-electron chi connectivity index (χ1n) is 10.8. The lowest BCUT2D eigenvalue weighted by Gasteiger charge is -2.17. The molecule has 0 bridgehead atoms. The first-order chi connectivity index (χ1) is 15.0. The van der Waals surface area contributed by atoms with Gasteiger partial charge in [-0.1, -0.05) is 38.1 Å². The van der Waals surface area contributed by atoms with Crippen LogP contribution in [-0.2, 0) is 26.2 Å². The van der Waals surface area contributed by atoms with E-state index >= 15 is 0 Å². The van der Waals surface area contributed by atoms with Crippen LogP contribution in [0.3, 0.4) is 0 Å². The number of furan rings is 1. The lowest BCUT2D eigenvalue weighted by atomic mass is 10.1. The maximum absolute atomic E-state index is 5.47. The van der Waals surface area contributed by atoms with Crippen LogP contribution >= 0.6 is 35.3 Å². The fourth-order valence-electron chi connectivity index (χ4n) is 3.22. The summed E-state index contributed by atoms with van der Waals surface area (Å²) in [6, 6.07) is 12.4. The van der Waals surface area contributed by atoms with E-state index in [1.54, 1.807) is 17.6 Å². The molecule has 6 nitrogen and oxygen atoms in total. The topological polar surface area (TPSA) is 65.7 Å². The van der Waals surface area contributed by atoms with Gasteiger partial charge in [-0.2, -0.15) is 0 Å². The van der Waals surface area contributed by atoms with Crippen LogP contribution in [-0.4, -0.2) is 29.4 Å². The van der Waals surface area contributed by atoms with Gasteiger partial charge < -0.3 is 15.1 Å². The number of aliphatic imine (C=N–C) groups is 1. The molecule has 174 valence electrons. The minimum Gasteiger partial charge on any atom is -0.468 e. The summed E-state index contributed by atoms with van der Waals surface area (Å²) in [6.45, 7) is 10.1. The van der Waals surface area contributed by atoms with Crippen molar-refractivity contribution in [2.75, 3.05) is 13.6 Å². The van der Waals surface area contributed by atoms with Crippen molar-refractivity contribution in [2.45, 2.75) is 52.9 Å². The third-order valence-corrected chi connectivity index (χ3v) is 5.75. The zero-order valence-corrected chi connectivity index (χ0v) is 22.4. The smallest absolute Gasteiger partial charge is 0.191 e. The monoisotopic (exact) mass is 567 g/mol. The second-order valence-corrected chi connectivity index (χ2v) is 8.83. The van der Waals surface area contributed by atoms with E-state index in [-0.39, 0.29) is 24.0 Å². The van der Waals surface area contributed by atoms with E-state index in [1.165, 1.54) is 11.1 Å². The minimum absolute atomic E-state index is 0. The summed E-state index contributed by atoms with van der Waals surface area (Å²) in [5.74, 6) is 2.23. The number of nitrogens with one attached hydrogen (secondary N) is 2. The third kappa shape index (κ3) is 8.22. The lowest BCUT2D eigenvalue weighted by molar-refractivity contribution is 0.287. The van der Waals surface area contributed by atoms with E-state index in [4.69, 9.17) is 14.4 Å². The molecule has 0 amide bonds. The number of hydrogen-bond donors (Lipinski definition) is 2. The first-order valence-corrected chi connectivity index (χ1v) is 11.7. The van der Waals surface area contributed by atoms with Gasteiger partial charge in [0.25, 0.3) is 0 Å². The van der Waals surface area contributed by atoms with Gasteiger partial charge in [0.1, 0.15) is 10.8 Å². The Bertz CT molecular complexity index is 955. The Labute approximate surface area is 212 Å².